The molecule has 4 rings (SSSR count). The van der Waals surface area contributed by atoms with E-state index in [2.05, 4.69) is 21.5 Å². The van der Waals surface area contributed by atoms with E-state index >= 15 is 0 Å². The van der Waals surface area contributed by atoms with E-state index in [1.54, 1.807) is 24.3 Å². The minimum Gasteiger partial charge on any atom is -0.306 e. The molecule has 0 fully saturated rings. The van der Waals surface area contributed by atoms with E-state index in [1.807, 2.05) is 43.3 Å². The average molecular weight is 414 g/mol. The maximum Gasteiger partial charge on any atom is 0.249 e. The molecule has 7 heteroatoms. The zero-order valence-electron chi connectivity index (χ0n) is 16.0. The van der Waals surface area contributed by atoms with Crippen molar-refractivity contribution >= 4 is 40.3 Å². The Morgan fingerprint density at radius 2 is 2.03 bits per heavy atom. The smallest absolute Gasteiger partial charge is 0.249 e. The van der Waals surface area contributed by atoms with Crippen LogP contribution in [0.4, 0.5) is 5.82 Å². The Morgan fingerprint density at radius 3 is 2.83 bits per heavy atom. The summed E-state index contributed by atoms with van der Waals surface area (Å²) in [4.78, 5) is 17.1. The van der Waals surface area contributed by atoms with Crippen LogP contribution in [0.1, 0.15) is 16.7 Å². The highest BCUT2D eigenvalue weighted by Crippen LogP contribution is 2.23. The number of pyridine rings is 1. The van der Waals surface area contributed by atoms with Crippen molar-refractivity contribution in [3.05, 3.63) is 88.6 Å². The number of benzene rings is 2. The summed E-state index contributed by atoms with van der Waals surface area (Å²) in [5.41, 5.74) is 2.85. The number of para-hydroxylation sites is 1. The van der Waals surface area contributed by atoms with E-state index in [4.69, 9.17) is 11.6 Å². The highest BCUT2D eigenvalue weighted by Gasteiger charge is 2.16. The minimum absolute atomic E-state index is 0.243. The third-order valence-corrected chi connectivity index (χ3v) is 4.77. The van der Waals surface area contributed by atoms with Crippen LogP contribution in [0, 0.1) is 18.3 Å². The second-order valence-electron chi connectivity index (χ2n) is 6.62. The van der Waals surface area contributed by atoms with Gasteiger partial charge in [-0.15, -0.1) is 0 Å². The largest absolute Gasteiger partial charge is 0.306 e. The van der Waals surface area contributed by atoms with Gasteiger partial charge >= 0.3 is 0 Å². The van der Waals surface area contributed by atoms with Crippen molar-refractivity contribution in [1.82, 2.24) is 14.8 Å². The number of hydrogen-bond donors (Lipinski definition) is 1. The summed E-state index contributed by atoms with van der Waals surface area (Å²) >= 11 is 5.97. The summed E-state index contributed by atoms with van der Waals surface area (Å²) in [6.45, 7) is 1.98. The first-order valence-corrected chi connectivity index (χ1v) is 9.52. The molecule has 146 valence electrons. The van der Waals surface area contributed by atoms with Crippen molar-refractivity contribution in [2.75, 3.05) is 5.32 Å². The van der Waals surface area contributed by atoms with Crippen molar-refractivity contribution in [3.63, 3.8) is 0 Å². The number of nitrogens with one attached hydrogen (secondary N) is 1. The summed E-state index contributed by atoms with van der Waals surface area (Å²) in [6, 6.07) is 18.8. The number of carbonyl (C=O) groups excluding carboxylic acids is 1. The lowest BCUT2D eigenvalue weighted by Crippen LogP contribution is -2.14. The predicted molar refractivity (Wildman–Crippen MR) is 117 cm³/mol. The van der Waals surface area contributed by atoms with Crippen LogP contribution in [0.5, 0.6) is 0 Å². The first kappa shape index (κ1) is 19.4. The zero-order valence-corrected chi connectivity index (χ0v) is 16.8. The standard InChI is InChI=1S/C23H16ClN5O/c1-15-11-21(27-20-8-3-2-7-19(15)20)29-23(17(13-25)14-26-29)28-22(30)10-9-16-5-4-6-18(24)12-16/h2-12,14H,1H3,(H,28,30)/b10-9+. The van der Waals surface area contributed by atoms with Crippen LogP contribution >= 0.6 is 11.6 Å². The van der Waals surface area contributed by atoms with Crippen molar-refractivity contribution < 1.29 is 4.79 Å². The fraction of sp³-hybridized carbons (Fsp3) is 0.0435. The molecule has 0 aliphatic rings. The van der Waals surface area contributed by atoms with Gasteiger partial charge in [-0.3, -0.25) is 4.79 Å². The first-order valence-electron chi connectivity index (χ1n) is 9.14. The number of rotatable bonds is 4. The SMILES string of the molecule is Cc1cc(-n2ncc(C#N)c2NC(=O)/C=C/c2cccc(Cl)c2)nc2ccccc12. The highest BCUT2D eigenvalue weighted by atomic mass is 35.5. The molecule has 2 aromatic carbocycles. The second-order valence-corrected chi connectivity index (χ2v) is 7.06. The molecule has 0 aliphatic heterocycles. The molecule has 4 aromatic rings. The fourth-order valence-electron chi connectivity index (χ4n) is 3.10. The molecule has 6 nitrogen and oxygen atoms in total. The number of hydrogen-bond acceptors (Lipinski definition) is 4. The lowest BCUT2D eigenvalue weighted by molar-refractivity contribution is -0.111. The highest BCUT2D eigenvalue weighted by molar-refractivity contribution is 6.30. The number of aryl methyl sites for hydroxylation is 1. The van der Waals surface area contributed by atoms with Crippen LogP contribution in [0.15, 0.2) is 66.9 Å². The van der Waals surface area contributed by atoms with E-state index in [-0.39, 0.29) is 11.4 Å². The fourth-order valence-corrected chi connectivity index (χ4v) is 3.30. The average Bonchev–Trinajstić information content (AvgIpc) is 3.15. The molecule has 0 aliphatic carbocycles. The number of aromatic nitrogens is 3. The second kappa shape index (κ2) is 8.19. The Bertz CT molecular complexity index is 1330. The van der Waals surface area contributed by atoms with Crippen molar-refractivity contribution in [3.8, 4) is 11.9 Å². The Labute approximate surface area is 178 Å². The topological polar surface area (TPSA) is 83.6 Å². The third kappa shape index (κ3) is 3.93. The van der Waals surface area contributed by atoms with E-state index in [0.29, 0.717) is 10.8 Å². The van der Waals surface area contributed by atoms with Gasteiger partial charge < -0.3 is 5.32 Å². The molecule has 2 heterocycles. The Hall–Kier alpha value is -3.95. The molecule has 30 heavy (non-hydrogen) atoms. The van der Waals surface area contributed by atoms with Gasteiger partial charge in [0.25, 0.3) is 0 Å². The van der Waals surface area contributed by atoms with Crippen molar-refractivity contribution in [2.45, 2.75) is 6.92 Å². The molecule has 1 N–H and O–H groups in total. The number of amides is 1. The molecule has 0 unspecified atom stereocenters. The number of fused-ring (bicyclic) bond motifs is 1. The van der Waals surface area contributed by atoms with Crippen LogP contribution in [-0.4, -0.2) is 20.7 Å². The molecule has 0 radical (unpaired) electrons. The van der Waals surface area contributed by atoms with Gasteiger partial charge in [0, 0.05) is 16.5 Å². The van der Waals surface area contributed by atoms with Gasteiger partial charge in [-0.2, -0.15) is 15.0 Å². The molecule has 0 saturated heterocycles. The Kier molecular flexibility index (Phi) is 5.29. The number of nitrogens with zero attached hydrogens (tertiary/aromatic N) is 4. The summed E-state index contributed by atoms with van der Waals surface area (Å²) in [7, 11) is 0. The molecule has 0 spiro atoms. The van der Waals surface area contributed by atoms with Gasteiger partial charge in [-0.05, 0) is 48.4 Å². The summed E-state index contributed by atoms with van der Waals surface area (Å²) in [6.07, 6.45) is 4.43. The van der Waals surface area contributed by atoms with Gasteiger partial charge in [0.2, 0.25) is 5.91 Å². The molecular weight excluding hydrogens is 398 g/mol. The molecule has 1 amide bonds. The van der Waals surface area contributed by atoms with E-state index in [0.717, 1.165) is 22.0 Å². The number of carbonyl (C=O) groups is 1. The lowest BCUT2D eigenvalue weighted by Gasteiger charge is -2.10. The van der Waals surface area contributed by atoms with Gasteiger partial charge in [0.1, 0.15) is 11.6 Å². The molecule has 2 aromatic heterocycles. The summed E-state index contributed by atoms with van der Waals surface area (Å²) < 4.78 is 1.46. The quantitative estimate of drug-likeness (QED) is 0.482. The maximum atomic E-state index is 12.5. The van der Waals surface area contributed by atoms with E-state index < -0.39 is 5.91 Å². The van der Waals surface area contributed by atoms with Gasteiger partial charge in [-0.1, -0.05) is 41.9 Å². The van der Waals surface area contributed by atoms with E-state index in [9.17, 15) is 10.1 Å². The summed E-state index contributed by atoms with van der Waals surface area (Å²) in [5.74, 6) is 0.382. The third-order valence-electron chi connectivity index (χ3n) is 4.53. The van der Waals surface area contributed by atoms with Crippen LogP contribution < -0.4 is 5.32 Å². The van der Waals surface area contributed by atoms with E-state index in [1.165, 1.54) is 17.0 Å². The molecule has 0 atom stereocenters. The number of anilines is 1. The van der Waals surface area contributed by atoms with Gasteiger partial charge in [-0.25, -0.2) is 4.98 Å². The Morgan fingerprint density at radius 1 is 1.20 bits per heavy atom. The lowest BCUT2D eigenvalue weighted by atomic mass is 10.1. The first-order chi connectivity index (χ1) is 14.5. The van der Waals surface area contributed by atoms with Crippen LogP contribution in [-0.2, 0) is 4.79 Å². The summed E-state index contributed by atoms with van der Waals surface area (Å²) in [5, 5.41) is 18.1. The zero-order chi connectivity index (χ0) is 21.1. The molecule has 0 saturated carbocycles. The van der Waals surface area contributed by atoms with Crippen LogP contribution in [0.25, 0.3) is 22.8 Å². The van der Waals surface area contributed by atoms with Crippen LogP contribution in [0.3, 0.4) is 0 Å². The molecular formula is C23H16ClN5O. The number of halogens is 1. The monoisotopic (exact) mass is 413 g/mol. The maximum absolute atomic E-state index is 12.5. The van der Waals surface area contributed by atoms with Gasteiger partial charge in [0.15, 0.2) is 11.6 Å². The van der Waals surface area contributed by atoms with Crippen molar-refractivity contribution in [1.29, 1.82) is 5.26 Å². The normalized spacial score (nSPS) is 11.0. The van der Waals surface area contributed by atoms with Gasteiger partial charge in [0.05, 0.1) is 11.7 Å². The Balaban J connectivity index is 1.67. The van der Waals surface area contributed by atoms with Crippen molar-refractivity contribution in [2.24, 2.45) is 0 Å². The predicted octanol–water partition coefficient (Wildman–Crippen LogP) is 4.91. The number of nitriles is 1. The molecule has 0 bridgehead atoms. The minimum atomic E-state index is -0.397. The van der Waals surface area contributed by atoms with Crippen LogP contribution in [0.2, 0.25) is 5.02 Å².